The highest BCUT2D eigenvalue weighted by Gasteiger charge is 2.14. The van der Waals surface area contributed by atoms with Crippen LogP contribution in [0.2, 0.25) is 0 Å². The lowest BCUT2D eigenvalue weighted by atomic mass is 9.91. The van der Waals surface area contributed by atoms with Gasteiger partial charge in [0.15, 0.2) is 0 Å². The number of aryl methyl sites for hydroxylation is 1. The number of aromatic nitrogens is 1. The van der Waals surface area contributed by atoms with E-state index in [2.05, 4.69) is 25.8 Å². The first-order valence-corrected chi connectivity index (χ1v) is 7.20. The van der Waals surface area contributed by atoms with Crippen LogP contribution >= 0.6 is 0 Å². The first kappa shape index (κ1) is 15.8. The van der Waals surface area contributed by atoms with E-state index in [1.165, 1.54) is 5.56 Å². The van der Waals surface area contributed by atoms with Gasteiger partial charge in [-0.25, -0.2) is 0 Å². The SMILES string of the molecule is CCc1ccc(CC(=O)CC(CN)CC(C)C)nc1. The van der Waals surface area contributed by atoms with Gasteiger partial charge < -0.3 is 5.73 Å². The van der Waals surface area contributed by atoms with Gasteiger partial charge in [0.1, 0.15) is 5.78 Å². The topological polar surface area (TPSA) is 56.0 Å². The van der Waals surface area contributed by atoms with Crippen LogP contribution in [0.3, 0.4) is 0 Å². The fraction of sp³-hybridized carbons (Fsp3) is 0.625. The van der Waals surface area contributed by atoms with Crippen LogP contribution in [0.1, 0.15) is 44.9 Å². The number of nitrogens with two attached hydrogens (primary N) is 1. The normalized spacial score (nSPS) is 12.7. The molecule has 1 heterocycles. The highest BCUT2D eigenvalue weighted by molar-refractivity contribution is 5.80. The largest absolute Gasteiger partial charge is 0.330 e. The summed E-state index contributed by atoms with van der Waals surface area (Å²) in [5, 5.41) is 0. The van der Waals surface area contributed by atoms with Crippen LogP contribution in [0.5, 0.6) is 0 Å². The van der Waals surface area contributed by atoms with E-state index >= 15 is 0 Å². The lowest BCUT2D eigenvalue weighted by Gasteiger charge is -2.16. The maximum Gasteiger partial charge on any atom is 0.139 e. The molecule has 0 aromatic carbocycles. The number of Topliss-reactive ketones (excluding diaryl/α,β-unsaturated/α-hetero) is 1. The molecule has 3 nitrogen and oxygen atoms in total. The number of carbonyl (C=O) groups excluding carboxylic acids is 1. The fourth-order valence-electron chi connectivity index (χ4n) is 2.29. The predicted molar refractivity (Wildman–Crippen MR) is 78.9 cm³/mol. The number of hydrogen-bond donors (Lipinski definition) is 1. The molecule has 106 valence electrons. The maximum absolute atomic E-state index is 12.0. The Bertz CT molecular complexity index is 384. The molecule has 0 fully saturated rings. The molecule has 0 amide bonds. The van der Waals surface area contributed by atoms with E-state index in [1.807, 2.05) is 18.3 Å². The Balaban J connectivity index is 2.49. The average Bonchev–Trinajstić information content (AvgIpc) is 2.38. The summed E-state index contributed by atoms with van der Waals surface area (Å²) in [7, 11) is 0. The van der Waals surface area contributed by atoms with Crippen molar-refractivity contribution >= 4 is 5.78 Å². The van der Waals surface area contributed by atoms with Crippen LogP contribution in [0.15, 0.2) is 18.3 Å². The number of carbonyl (C=O) groups is 1. The summed E-state index contributed by atoms with van der Waals surface area (Å²) in [6.45, 7) is 7.02. The summed E-state index contributed by atoms with van der Waals surface area (Å²) >= 11 is 0. The zero-order chi connectivity index (χ0) is 14.3. The van der Waals surface area contributed by atoms with Gasteiger partial charge in [0.2, 0.25) is 0 Å². The van der Waals surface area contributed by atoms with Gasteiger partial charge in [-0.05, 0) is 42.9 Å². The Morgan fingerprint density at radius 2 is 2.11 bits per heavy atom. The first-order chi connectivity index (χ1) is 9.05. The monoisotopic (exact) mass is 262 g/mol. The summed E-state index contributed by atoms with van der Waals surface area (Å²) in [6.07, 6.45) is 4.86. The molecule has 0 saturated carbocycles. The van der Waals surface area contributed by atoms with Crippen molar-refractivity contribution in [2.24, 2.45) is 17.6 Å². The fourth-order valence-corrected chi connectivity index (χ4v) is 2.29. The number of rotatable bonds is 8. The molecule has 2 N–H and O–H groups in total. The van der Waals surface area contributed by atoms with Crippen LogP contribution in [-0.4, -0.2) is 17.3 Å². The van der Waals surface area contributed by atoms with E-state index in [0.29, 0.717) is 31.2 Å². The van der Waals surface area contributed by atoms with Gasteiger partial charge in [-0.15, -0.1) is 0 Å². The third kappa shape index (κ3) is 5.97. The van der Waals surface area contributed by atoms with Gasteiger partial charge in [0.05, 0.1) is 0 Å². The van der Waals surface area contributed by atoms with Crippen LogP contribution in [0, 0.1) is 11.8 Å². The number of hydrogen-bond acceptors (Lipinski definition) is 3. The molecule has 0 aliphatic carbocycles. The second kappa shape index (κ2) is 8.05. The molecule has 0 saturated heterocycles. The summed E-state index contributed by atoms with van der Waals surface area (Å²) < 4.78 is 0. The second-order valence-electron chi connectivity index (χ2n) is 5.66. The lowest BCUT2D eigenvalue weighted by molar-refractivity contribution is -0.119. The minimum atomic E-state index is 0.243. The molecule has 1 atom stereocenters. The van der Waals surface area contributed by atoms with Crippen molar-refractivity contribution in [3.8, 4) is 0 Å². The Labute approximate surface area is 116 Å². The number of ketones is 1. The van der Waals surface area contributed by atoms with Crippen LogP contribution in [-0.2, 0) is 17.6 Å². The van der Waals surface area contributed by atoms with E-state index in [9.17, 15) is 4.79 Å². The third-order valence-corrected chi connectivity index (χ3v) is 3.33. The van der Waals surface area contributed by atoms with Crippen molar-refractivity contribution in [2.75, 3.05) is 6.54 Å². The smallest absolute Gasteiger partial charge is 0.139 e. The minimum Gasteiger partial charge on any atom is -0.330 e. The van der Waals surface area contributed by atoms with E-state index in [1.54, 1.807) is 0 Å². The van der Waals surface area contributed by atoms with Crippen LogP contribution in [0.4, 0.5) is 0 Å². The molecular weight excluding hydrogens is 236 g/mol. The molecule has 0 spiro atoms. The van der Waals surface area contributed by atoms with E-state index in [4.69, 9.17) is 5.73 Å². The zero-order valence-corrected chi connectivity index (χ0v) is 12.4. The highest BCUT2D eigenvalue weighted by atomic mass is 16.1. The average molecular weight is 262 g/mol. The summed E-state index contributed by atoms with van der Waals surface area (Å²) in [5.41, 5.74) is 7.80. The van der Waals surface area contributed by atoms with Crippen molar-refractivity contribution in [1.29, 1.82) is 0 Å². The van der Waals surface area contributed by atoms with Gasteiger partial charge in [-0.3, -0.25) is 9.78 Å². The van der Waals surface area contributed by atoms with Crippen LogP contribution in [0.25, 0.3) is 0 Å². The van der Waals surface area contributed by atoms with E-state index < -0.39 is 0 Å². The molecule has 0 aliphatic rings. The number of pyridine rings is 1. The van der Waals surface area contributed by atoms with Crippen LogP contribution < -0.4 is 5.73 Å². The Morgan fingerprint density at radius 1 is 1.37 bits per heavy atom. The van der Waals surface area contributed by atoms with Gasteiger partial charge in [-0.1, -0.05) is 26.8 Å². The van der Waals surface area contributed by atoms with Crippen molar-refractivity contribution in [2.45, 2.75) is 46.5 Å². The van der Waals surface area contributed by atoms with Gasteiger partial charge in [0.25, 0.3) is 0 Å². The summed E-state index contributed by atoms with van der Waals surface area (Å²) in [5.74, 6) is 1.14. The first-order valence-electron chi connectivity index (χ1n) is 7.20. The van der Waals surface area contributed by atoms with Crippen molar-refractivity contribution < 1.29 is 4.79 Å². The molecule has 3 heteroatoms. The van der Waals surface area contributed by atoms with Crippen molar-refractivity contribution in [1.82, 2.24) is 4.98 Å². The minimum absolute atomic E-state index is 0.243. The quantitative estimate of drug-likeness (QED) is 0.783. The highest BCUT2D eigenvalue weighted by Crippen LogP contribution is 2.15. The maximum atomic E-state index is 12.0. The molecule has 1 unspecified atom stereocenters. The molecule has 0 radical (unpaired) electrons. The molecule has 1 rings (SSSR count). The van der Waals surface area contributed by atoms with E-state index in [-0.39, 0.29) is 5.78 Å². The Hall–Kier alpha value is -1.22. The molecule has 1 aromatic heterocycles. The predicted octanol–water partition coefficient (Wildman–Crippen LogP) is 2.77. The zero-order valence-electron chi connectivity index (χ0n) is 12.4. The molecular formula is C16H26N2O. The van der Waals surface area contributed by atoms with Gasteiger partial charge in [-0.2, -0.15) is 0 Å². The molecule has 0 bridgehead atoms. The Kier molecular flexibility index (Phi) is 6.71. The second-order valence-corrected chi connectivity index (χ2v) is 5.66. The van der Waals surface area contributed by atoms with Gasteiger partial charge in [0, 0.05) is 24.7 Å². The third-order valence-electron chi connectivity index (χ3n) is 3.33. The summed E-state index contributed by atoms with van der Waals surface area (Å²) in [4.78, 5) is 16.4. The summed E-state index contributed by atoms with van der Waals surface area (Å²) in [6, 6.07) is 4.00. The Morgan fingerprint density at radius 3 is 2.58 bits per heavy atom. The molecule has 19 heavy (non-hydrogen) atoms. The van der Waals surface area contributed by atoms with Crippen molar-refractivity contribution in [3.05, 3.63) is 29.6 Å². The van der Waals surface area contributed by atoms with Crippen molar-refractivity contribution in [3.63, 3.8) is 0 Å². The molecule has 0 aliphatic heterocycles. The number of nitrogens with zero attached hydrogens (tertiary/aromatic N) is 1. The molecule has 1 aromatic rings. The standard InChI is InChI=1S/C16H26N2O/c1-4-13-5-6-15(18-11-13)9-16(19)8-14(10-17)7-12(2)3/h5-6,11-12,14H,4,7-10,17H2,1-3H3. The lowest BCUT2D eigenvalue weighted by Crippen LogP contribution is -2.21. The van der Waals surface area contributed by atoms with E-state index in [0.717, 1.165) is 18.5 Å². The van der Waals surface area contributed by atoms with Gasteiger partial charge >= 0.3 is 0 Å².